The Morgan fingerprint density at radius 1 is 1.18 bits per heavy atom. The molecule has 1 aromatic rings. The van der Waals surface area contributed by atoms with Crippen LogP contribution < -0.4 is 10.2 Å². The first-order valence-electron chi connectivity index (χ1n) is 10.1. The zero-order chi connectivity index (χ0) is 20.1. The lowest BCUT2D eigenvalue weighted by Gasteiger charge is -2.32. The quantitative estimate of drug-likeness (QED) is 0.597. The van der Waals surface area contributed by atoms with Gasteiger partial charge in [-0.15, -0.1) is 0 Å². The lowest BCUT2D eigenvalue weighted by Crippen LogP contribution is -2.43. The van der Waals surface area contributed by atoms with E-state index in [1.807, 2.05) is 6.92 Å². The number of hydrogen-bond acceptors (Lipinski definition) is 5. The predicted molar refractivity (Wildman–Crippen MR) is 106 cm³/mol. The summed E-state index contributed by atoms with van der Waals surface area (Å²) in [5.41, 5.74) is 1.10. The molecule has 2 saturated heterocycles. The van der Waals surface area contributed by atoms with Crippen LogP contribution in [-0.2, 0) is 4.79 Å². The Hall–Kier alpha value is -2.64. The van der Waals surface area contributed by atoms with Crippen LogP contribution in [0.15, 0.2) is 18.2 Å². The van der Waals surface area contributed by atoms with Crippen molar-refractivity contribution in [3.05, 3.63) is 33.9 Å². The first-order valence-corrected chi connectivity index (χ1v) is 10.1. The van der Waals surface area contributed by atoms with E-state index >= 15 is 0 Å². The molecular formula is C20H28N4O4. The molecule has 0 radical (unpaired) electrons. The fourth-order valence-electron chi connectivity index (χ4n) is 3.95. The number of benzene rings is 1. The number of carbonyl (C=O) groups excluding carboxylic acids is 2. The highest BCUT2D eigenvalue weighted by Gasteiger charge is 2.30. The number of nitro groups is 1. The molecule has 8 heteroatoms. The fourth-order valence-corrected chi connectivity index (χ4v) is 3.95. The van der Waals surface area contributed by atoms with Crippen molar-refractivity contribution in [1.29, 1.82) is 0 Å². The van der Waals surface area contributed by atoms with Crippen molar-refractivity contribution < 1.29 is 14.5 Å². The van der Waals surface area contributed by atoms with Gasteiger partial charge in [0, 0.05) is 50.8 Å². The number of piperidine rings is 1. The first-order chi connectivity index (χ1) is 13.5. The SMILES string of the molecule is CCCNC(=O)C1CCN(C(=O)c2cc([N+](=O)[O-])ccc2N2CCCC2)CC1. The van der Waals surface area contributed by atoms with Crippen molar-refractivity contribution in [2.45, 2.75) is 39.0 Å². The Morgan fingerprint density at radius 2 is 1.86 bits per heavy atom. The molecule has 2 aliphatic heterocycles. The van der Waals surface area contributed by atoms with E-state index in [1.165, 1.54) is 12.1 Å². The molecule has 152 valence electrons. The maximum atomic E-state index is 13.2. The standard InChI is InChI=1S/C20H28N4O4/c1-2-9-21-19(25)15-7-12-23(13-8-15)20(26)17-14-16(24(27)28)5-6-18(17)22-10-3-4-11-22/h5-6,14-15H,2-4,7-13H2,1H3,(H,21,25). The highest BCUT2D eigenvalue weighted by molar-refractivity contribution is 6.00. The average Bonchev–Trinajstić information content (AvgIpc) is 3.25. The summed E-state index contributed by atoms with van der Waals surface area (Å²) in [5.74, 6) is -0.196. The monoisotopic (exact) mass is 388 g/mol. The van der Waals surface area contributed by atoms with Gasteiger partial charge >= 0.3 is 0 Å². The zero-order valence-electron chi connectivity index (χ0n) is 16.4. The van der Waals surface area contributed by atoms with E-state index in [1.54, 1.807) is 11.0 Å². The Kier molecular flexibility index (Phi) is 6.49. The number of rotatable bonds is 6. The Bertz CT molecular complexity index is 738. The van der Waals surface area contributed by atoms with Crippen LogP contribution in [0.3, 0.4) is 0 Å². The Labute approximate surface area is 165 Å². The van der Waals surface area contributed by atoms with E-state index in [2.05, 4.69) is 10.2 Å². The van der Waals surface area contributed by atoms with Crippen LogP contribution in [0.5, 0.6) is 0 Å². The summed E-state index contributed by atoms with van der Waals surface area (Å²) in [4.78, 5) is 39.9. The van der Waals surface area contributed by atoms with Crippen LogP contribution in [0.1, 0.15) is 49.4 Å². The largest absolute Gasteiger partial charge is 0.371 e. The van der Waals surface area contributed by atoms with E-state index in [-0.39, 0.29) is 23.4 Å². The minimum atomic E-state index is -0.463. The Balaban J connectivity index is 1.74. The number of nitrogens with zero attached hydrogens (tertiary/aromatic N) is 3. The van der Waals surface area contributed by atoms with Crippen molar-refractivity contribution in [3.63, 3.8) is 0 Å². The summed E-state index contributed by atoms with van der Waals surface area (Å²) in [6.07, 6.45) is 4.26. The number of carbonyl (C=O) groups is 2. The minimum Gasteiger partial charge on any atom is -0.371 e. The number of hydrogen-bond donors (Lipinski definition) is 1. The summed E-state index contributed by atoms with van der Waals surface area (Å²) >= 11 is 0. The molecule has 0 saturated carbocycles. The van der Waals surface area contributed by atoms with Crippen LogP contribution in [-0.4, -0.2) is 54.4 Å². The maximum absolute atomic E-state index is 13.2. The van der Waals surface area contributed by atoms with Crippen molar-refractivity contribution >= 4 is 23.2 Å². The molecule has 2 amide bonds. The number of amides is 2. The normalized spacial score (nSPS) is 17.6. The summed E-state index contributed by atoms with van der Waals surface area (Å²) in [5, 5.41) is 14.1. The number of non-ortho nitro benzene ring substituents is 1. The van der Waals surface area contributed by atoms with Crippen molar-refractivity contribution in [2.24, 2.45) is 5.92 Å². The van der Waals surface area contributed by atoms with E-state index in [9.17, 15) is 19.7 Å². The van der Waals surface area contributed by atoms with E-state index in [4.69, 9.17) is 0 Å². The second-order valence-electron chi connectivity index (χ2n) is 7.51. The molecule has 1 N–H and O–H groups in total. The zero-order valence-corrected chi connectivity index (χ0v) is 16.4. The fraction of sp³-hybridized carbons (Fsp3) is 0.600. The van der Waals surface area contributed by atoms with Gasteiger partial charge in [-0.05, 0) is 38.2 Å². The molecule has 2 fully saturated rings. The van der Waals surface area contributed by atoms with E-state index in [0.29, 0.717) is 38.0 Å². The second kappa shape index (κ2) is 9.03. The van der Waals surface area contributed by atoms with Crippen LogP contribution in [0.2, 0.25) is 0 Å². The minimum absolute atomic E-state index is 0.0575. The highest BCUT2D eigenvalue weighted by atomic mass is 16.6. The van der Waals surface area contributed by atoms with Gasteiger partial charge in [0.2, 0.25) is 5.91 Å². The molecular weight excluding hydrogens is 360 g/mol. The van der Waals surface area contributed by atoms with E-state index < -0.39 is 4.92 Å². The first kappa shape index (κ1) is 20.1. The van der Waals surface area contributed by atoms with Crippen molar-refractivity contribution in [1.82, 2.24) is 10.2 Å². The third-order valence-electron chi connectivity index (χ3n) is 5.57. The Morgan fingerprint density at radius 3 is 2.46 bits per heavy atom. The molecule has 2 aliphatic rings. The molecule has 0 aromatic heterocycles. The smallest absolute Gasteiger partial charge is 0.270 e. The molecule has 0 unspecified atom stereocenters. The van der Waals surface area contributed by atoms with Gasteiger partial charge in [0.15, 0.2) is 0 Å². The molecule has 0 spiro atoms. The topological polar surface area (TPSA) is 95.8 Å². The van der Waals surface area contributed by atoms with Crippen LogP contribution in [0.25, 0.3) is 0 Å². The van der Waals surface area contributed by atoms with Gasteiger partial charge in [-0.2, -0.15) is 0 Å². The van der Waals surface area contributed by atoms with Gasteiger partial charge in [0.25, 0.3) is 11.6 Å². The van der Waals surface area contributed by atoms with E-state index in [0.717, 1.165) is 38.0 Å². The lowest BCUT2D eigenvalue weighted by molar-refractivity contribution is -0.384. The van der Waals surface area contributed by atoms with Gasteiger partial charge in [0.05, 0.1) is 16.2 Å². The molecule has 0 bridgehead atoms. The number of likely N-dealkylation sites (tertiary alicyclic amines) is 1. The molecule has 0 aliphatic carbocycles. The molecule has 28 heavy (non-hydrogen) atoms. The molecule has 2 heterocycles. The molecule has 0 atom stereocenters. The van der Waals surface area contributed by atoms with Crippen LogP contribution in [0.4, 0.5) is 11.4 Å². The highest BCUT2D eigenvalue weighted by Crippen LogP contribution is 2.30. The van der Waals surface area contributed by atoms with Gasteiger partial charge in [0.1, 0.15) is 0 Å². The summed E-state index contributed by atoms with van der Waals surface area (Å²) < 4.78 is 0. The number of nitrogens with one attached hydrogen (secondary N) is 1. The maximum Gasteiger partial charge on any atom is 0.270 e. The van der Waals surface area contributed by atoms with Gasteiger partial charge in [-0.25, -0.2) is 0 Å². The molecule has 8 nitrogen and oxygen atoms in total. The predicted octanol–water partition coefficient (Wildman–Crippen LogP) is 2.57. The third-order valence-corrected chi connectivity index (χ3v) is 5.57. The molecule has 1 aromatic carbocycles. The van der Waals surface area contributed by atoms with Gasteiger partial charge in [-0.1, -0.05) is 6.92 Å². The van der Waals surface area contributed by atoms with Gasteiger partial charge < -0.3 is 15.1 Å². The lowest BCUT2D eigenvalue weighted by atomic mass is 9.95. The third kappa shape index (κ3) is 4.43. The summed E-state index contributed by atoms with van der Waals surface area (Å²) in [6.45, 7) is 5.38. The van der Waals surface area contributed by atoms with Crippen molar-refractivity contribution in [2.75, 3.05) is 37.6 Å². The number of nitro benzene ring substituents is 1. The van der Waals surface area contributed by atoms with Gasteiger partial charge in [-0.3, -0.25) is 19.7 Å². The second-order valence-corrected chi connectivity index (χ2v) is 7.51. The average molecular weight is 388 g/mol. The van der Waals surface area contributed by atoms with Crippen LogP contribution >= 0.6 is 0 Å². The van der Waals surface area contributed by atoms with Crippen molar-refractivity contribution in [3.8, 4) is 0 Å². The summed E-state index contributed by atoms with van der Waals surface area (Å²) in [7, 11) is 0. The summed E-state index contributed by atoms with van der Waals surface area (Å²) in [6, 6.07) is 4.56. The molecule has 3 rings (SSSR count). The van der Waals surface area contributed by atoms with Crippen LogP contribution in [0, 0.1) is 16.0 Å². The number of anilines is 1.